The molecule has 1 unspecified atom stereocenters. The maximum Gasteiger partial charge on any atom is 0.313 e. The average Bonchev–Trinajstić information content (AvgIpc) is 1.81. The minimum atomic E-state index is -1.02. The van der Waals surface area contributed by atoms with E-state index in [9.17, 15) is 9.59 Å². The second-order valence-corrected chi connectivity index (χ2v) is 2.71. The molecule has 0 aromatic rings. The van der Waals surface area contributed by atoms with Crippen LogP contribution in [-0.4, -0.2) is 17.4 Å². The third-order valence-electron chi connectivity index (χ3n) is 1.21. The number of carboxylic acids is 1. The topological polar surface area (TPSA) is 54.4 Å². The Bertz CT molecular complexity index is 129. The van der Waals surface area contributed by atoms with Crippen LogP contribution in [0.15, 0.2) is 0 Å². The summed E-state index contributed by atoms with van der Waals surface area (Å²) in [4.78, 5) is 20.3. The van der Waals surface area contributed by atoms with E-state index in [0.717, 1.165) is 0 Å². The molecule has 1 atom stereocenters. The number of aliphatic carboxylic acids is 1. The molecule has 0 aliphatic rings. The summed E-state index contributed by atoms with van der Waals surface area (Å²) < 4.78 is 0. The van der Waals surface area contributed by atoms with Gasteiger partial charge in [-0.3, -0.25) is 4.79 Å². The van der Waals surface area contributed by atoms with Crippen molar-refractivity contribution in [2.45, 2.75) is 20.3 Å². The van der Waals surface area contributed by atoms with Crippen molar-refractivity contribution in [3.63, 3.8) is 0 Å². The molecule has 0 saturated heterocycles. The van der Waals surface area contributed by atoms with E-state index in [1.54, 1.807) is 0 Å². The summed E-state index contributed by atoms with van der Waals surface area (Å²) in [6, 6.07) is 0. The van der Waals surface area contributed by atoms with Crippen molar-refractivity contribution in [3.05, 3.63) is 0 Å². The van der Waals surface area contributed by atoms with Crippen LogP contribution in [0.2, 0.25) is 0 Å². The van der Waals surface area contributed by atoms with Gasteiger partial charge in [0.2, 0.25) is 0 Å². The Morgan fingerprint density at radius 3 is 2.20 bits per heavy atom. The van der Waals surface area contributed by atoms with Crippen molar-refractivity contribution in [2.24, 2.45) is 11.8 Å². The molecular weight excluding hydrogens is 132 g/mol. The molecule has 0 saturated carbocycles. The first kappa shape index (κ1) is 9.14. The summed E-state index contributed by atoms with van der Waals surface area (Å²) >= 11 is 0. The number of carbonyl (C=O) groups is 2. The lowest BCUT2D eigenvalue weighted by Crippen LogP contribution is -2.16. The molecule has 0 aromatic heterocycles. The van der Waals surface area contributed by atoms with Gasteiger partial charge in [-0.05, 0) is 12.3 Å². The smallest absolute Gasteiger partial charge is 0.313 e. The molecule has 0 bridgehead atoms. The van der Waals surface area contributed by atoms with Crippen LogP contribution in [0, 0.1) is 11.8 Å². The summed E-state index contributed by atoms with van der Waals surface area (Å²) in [6.07, 6.45) is 0.918. The lowest BCUT2D eigenvalue weighted by molar-refractivity contribution is -0.144. The Hall–Kier alpha value is -0.860. The van der Waals surface area contributed by atoms with E-state index in [1.807, 2.05) is 13.8 Å². The Morgan fingerprint density at radius 1 is 1.60 bits per heavy atom. The highest BCUT2D eigenvalue weighted by Gasteiger charge is 2.16. The fourth-order valence-corrected chi connectivity index (χ4v) is 0.722. The van der Waals surface area contributed by atoms with E-state index in [2.05, 4.69) is 0 Å². The highest BCUT2D eigenvalue weighted by Crippen LogP contribution is 2.08. The molecule has 0 aliphatic carbocycles. The van der Waals surface area contributed by atoms with Gasteiger partial charge in [0.1, 0.15) is 12.2 Å². The van der Waals surface area contributed by atoms with Crippen molar-refractivity contribution in [1.29, 1.82) is 0 Å². The van der Waals surface area contributed by atoms with Crippen LogP contribution in [0.25, 0.3) is 0 Å². The van der Waals surface area contributed by atoms with Gasteiger partial charge in [0.05, 0.1) is 0 Å². The first-order chi connectivity index (χ1) is 4.57. The Labute approximate surface area is 60.0 Å². The van der Waals surface area contributed by atoms with E-state index >= 15 is 0 Å². The van der Waals surface area contributed by atoms with Crippen LogP contribution in [-0.2, 0) is 9.59 Å². The summed E-state index contributed by atoms with van der Waals surface area (Å²) in [7, 11) is 0. The largest absolute Gasteiger partial charge is 0.481 e. The number of aldehydes is 1. The van der Waals surface area contributed by atoms with Crippen LogP contribution in [0.1, 0.15) is 20.3 Å². The first-order valence-electron chi connectivity index (χ1n) is 3.26. The van der Waals surface area contributed by atoms with Gasteiger partial charge in [0.25, 0.3) is 0 Å². The van der Waals surface area contributed by atoms with Gasteiger partial charge in [-0.25, -0.2) is 0 Å². The molecule has 0 heterocycles. The van der Waals surface area contributed by atoms with E-state index < -0.39 is 11.9 Å². The summed E-state index contributed by atoms with van der Waals surface area (Å²) in [6.45, 7) is 3.78. The maximum absolute atomic E-state index is 10.2. The highest BCUT2D eigenvalue weighted by molar-refractivity contribution is 5.86. The fourth-order valence-electron chi connectivity index (χ4n) is 0.722. The van der Waals surface area contributed by atoms with Crippen LogP contribution in [0.4, 0.5) is 0 Å². The predicted molar refractivity (Wildman–Crippen MR) is 36.6 cm³/mol. The second kappa shape index (κ2) is 4.04. The van der Waals surface area contributed by atoms with Crippen LogP contribution >= 0.6 is 0 Å². The van der Waals surface area contributed by atoms with Gasteiger partial charge in [0, 0.05) is 0 Å². The molecule has 0 aromatic carbocycles. The monoisotopic (exact) mass is 144 g/mol. The molecule has 58 valence electrons. The van der Waals surface area contributed by atoms with E-state index in [0.29, 0.717) is 12.7 Å². The van der Waals surface area contributed by atoms with Crippen molar-refractivity contribution in [1.82, 2.24) is 0 Å². The van der Waals surface area contributed by atoms with Crippen molar-refractivity contribution >= 4 is 12.3 Å². The average molecular weight is 144 g/mol. The predicted octanol–water partition coefficient (Wildman–Crippen LogP) is 0.932. The minimum absolute atomic E-state index is 0.256. The van der Waals surface area contributed by atoms with Crippen molar-refractivity contribution in [2.75, 3.05) is 0 Å². The van der Waals surface area contributed by atoms with Crippen LogP contribution < -0.4 is 0 Å². The van der Waals surface area contributed by atoms with Gasteiger partial charge in [-0.1, -0.05) is 13.8 Å². The molecule has 3 heteroatoms. The molecule has 0 radical (unpaired) electrons. The van der Waals surface area contributed by atoms with E-state index in [1.165, 1.54) is 0 Å². The lowest BCUT2D eigenvalue weighted by Gasteiger charge is -2.06. The fraction of sp³-hybridized carbons (Fsp3) is 0.714. The van der Waals surface area contributed by atoms with E-state index in [-0.39, 0.29) is 5.92 Å². The van der Waals surface area contributed by atoms with Gasteiger partial charge in [-0.2, -0.15) is 0 Å². The Balaban J connectivity index is 3.83. The molecule has 0 amide bonds. The molecule has 10 heavy (non-hydrogen) atoms. The zero-order valence-corrected chi connectivity index (χ0v) is 6.20. The molecule has 0 fully saturated rings. The number of hydrogen-bond donors (Lipinski definition) is 1. The zero-order chi connectivity index (χ0) is 8.15. The Morgan fingerprint density at radius 2 is 2.10 bits per heavy atom. The SMILES string of the molecule is CC(C)CC(C=O)C(=O)O. The summed E-state index contributed by atoms with van der Waals surface area (Å²) in [5.41, 5.74) is 0. The van der Waals surface area contributed by atoms with Crippen molar-refractivity contribution in [3.8, 4) is 0 Å². The van der Waals surface area contributed by atoms with Crippen LogP contribution in [0.5, 0.6) is 0 Å². The number of carboxylic acid groups (broad SMARTS) is 1. The second-order valence-electron chi connectivity index (χ2n) is 2.71. The third-order valence-corrected chi connectivity index (χ3v) is 1.21. The highest BCUT2D eigenvalue weighted by atomic mass is 16.4. The van der Waals surface area contributed by atoms with Gasteiger partial charge < -0.3 is 9.90 Å². The molecule has 3 nitrogen and oxygen atoms in total. The number of rotatable bonds is 4. The van der Waals surface area contributed by atoms with Gasteiger partial charge in [-0.15, -0.1) is 0 Å². The molecule has 0 rings (SSSR count). The standard InChI is InChI=1S/C7H12O3/c1-5(2)3-6(4-8)7(9)10/h4-6H,3H2,1-2H3,(H,9,10). The first-order valence-corrected chi connectivity index (χ1v) is 3.26. The summed E-state index contributed by atoms with van der Waals surface area (Å²) in [5.74, 6) is -1.59. The lowest BCUT2D eigenvalue weighted by atomic mass is 9.99. The normalized spacial score (nSPS) is 13.1. The van der Waals surface area contributed by atoms with Crippen molar-refractivity contribution < 1.29 is 14.7 Å². The Kier molecular flexibility index (Phi) is 3.69. The molecule has 0 spiro atoms. The van der Waals surface area contributed by atoms with E-state index in [4.69, 9.17) is 5.11 Å². The third kappa shape index (κ3) is 3.22. The molecule has 0 aliphatic heterocycles. The maximum atomic E-state index is 10.2. The van der Waals surface area contributed by atoms with Gasteiger partial charge in [0.15, 0.2) is 0 Å². The minimum Gasteiger partial charge on any atom is -0.481 e. The zero-order valence-electron chi connectivity index (χ0n) is 6.20. The quantitative estimate of drug-likeness (QED) is 0.471. The molecule has 1 N–H and O–H groups in total. The number of hydrogen-bond acceptors (Lipinski definition) is 2. The number of carbonyl (C=O) groups excluding carboxylic acids is 1. The van der Waals surface area contributed by atoms with Gasteiger partial charge >= 0.3 is 5.97 Å². The molecular formula is C7H12O3. The van der Waals surface area contributed by atoms with Crippen LogP contribution in [0.3, 0.4) is 0 Å². The summed E-state index contributed by atoms with van der Waals surface area (Å²) in [5, 5.41) is 8.39.